The van der Waals surface area contributed by atoms with E-state index in [2.05, 4.69) is 27.3 Å². The molecule has 4 rings (SSSR count). The number of hydrogen-bond acceptors (Lipinski definition) is 7. The van der Waals surface area contributed by atoms with Crippen LogP contribution in [0.2, 0.25) is 0 Å². The largest absolute Gasteiger partial charge is 0.390 e. The van der Waals surface area contributed by atoms with E-state index in [0.29, 0.717) is 12.2 Å². The number of benzene rings is 1. The summed E-state index contributed by atoms with van der Waals surface area (Å²) in [6.07, 6.45) is 1.59. The molecule has 3 aromatic rings. The molecule has 0 fully saturated rings. The molecule has 1 aromatic carbocycles. The number of β-amino-alcohol motifs (C(OH)–C–C–N with tert-alkyl or cyclic N) is 1. The van der Waals surface area contributed by atoms with Gasteiger partial charge in [-0.1, -0.05) is 30.3 Å². The molecule has 29 heavy (non-hydrogen) atoms. The van der Waals surface area contributed by atoms with Crippen molar-refractivity contribution >= 4 is 17.2 Å². The second-order valence-electron chi connectivity index (χ2n) is 7.09. The molecule has 0 spiro atoms. The van der Waals surface area contributed by atoms with Gasteiger partial charge in [0.25, 0.3) is 0 Å². The zero-order valence-electron chi connectivity index (χ0n) is 15.7. The van der Waals surface area contributed by atoms with Gasteiger partial charge in [-0.05, 0) is 29.7 Å². The molecule has 0 aliphatic carbocycles. The molecular weight excluding hydrogens is 374 g/mol. The van der Waals surface area contributed by atoms with Crippen molar-refractivity contribution in [2.75, 3.05) is 25.0 Å². The summed E-state index contributed by atoms with van der Waals surface area (Å²) in [5, 5.41) is 24.6. The van der Waals surface area contributed by atoms with Crippen LogP contribution >= 0.6 is 0 Å². The van der Waals surface area contributed by atoms with E-state index >= 15 is 0 Å². The van der Waals surface area contributed by atoms with Crippen molar-refractivity contribution in [3.63, 3.8) is 0 Å². The number of aliphatic hydroxyl groups excluding tert-OH is 1. The highest BCUT2D eigenvalue weighted by Crippen LogP contribution is 2.20. The molecule has 9 nitrogen and oxygen atoms in total. The molecule has 1 aliphatic heterocycles. The topological polar surface area (TPSA) is 113 Å². The van der Waals surface area contributed by atoms with E-state index in [0.717, 1.165) is 23.9 Å². The average Bonchev–Trinajstić information content (AvgIpc) is 2.72. The van der Waals surface area contributed by atoms with Gasteiger partial charge in [0.2, 0.25) is 5.82 Å². The van der Waals surface area contributed by atoms with Gasteiger partial charge in [-0.2, -0.15) is 0 Å². The first kappa shape index (κ1) is 19.0. The molecule has 1 atom stereocenters. The smallest absolute Gasteiger partial charge is 0.376 e. The maximum absolute atomic E-state index is 12.4. The summed E-state index contributed by atoms with van der Waals surface area (Å²) in [6.45, 7) is 2.06. The third kappa shape index (κ3) is 3.96. The summed E-state index contributed by atoms with van der Waals surface area (Å²) in [6, 6.07) is 13.1. The molecule has 0 amide bonds. The van der Waals surface area contributed by atoms with Crippen LogP contribution in [-0.4, -0.2) is 50.1 Å². The van der Waals surface area contributed by atoms with Gasteiger partial charge in [0.05, 0.1) is 11.0 Å². The van der Waals surface area contributed by atoms with Crippen LogP contribution in [0.1, 0.15) is 11.1 Å². The van der Waals surface area contributed by atoms with Crippen LogP contribution in [0.5, 0.6) is 0 Å². The van der Waals surface area contributed by atoms with Crippen molar-refractivity contribution in [2.45, 2.75) is 19.1 Å². The first-order chi connectivity index (χ1) is 14.0. The molecule has 2 aromatic heterocycles. The number of nitrogens with zero attached hydrogens (tertiary/aromatic N) is 4. The van der Waals surface area contributed by atoms with Gasteiger partial charge in [-0.15, -0.1) is 0 Å². The lowest BCUT2D eigenvalue weighted by Gasteiger charge is -2.30. The van der Waals surface area contributed by atoms with Crippen LogP contribution in [0.3, 0.4) is 0 Å². The number of hydrogen-bond donors (Lipinski definition) is 2. The van der Waals surface area contributed by atoms with Crippen LogP contribution < -0.4 is 10.9 Å². The van der Waals surface area contributed by atoms with Gasteiger partial charge < -0.3 is 10.4 Å². The highest BCUT2D eigenvalue weighted by molar-refractivity contribution is 5.59. The van der Waals surface area contributed by atoms with Gasteiger partial charge in [-0.3, -0.25) is 24.2 Å². The van der Waals surface area contributed by atoms with Crippen molar-refractivity contribution in [1.82, 2.24) is 14.3 Å². The Balaban J connectivity index is 1.46. The van der Waals surface area contributed by atoms with Crippen LogP contribution in [0.25, 0.3) is 5.65 Å². The van der Waals surface area contributed by atoms with Gasteiger partial charge in [0, 0.05) is 32.4 Å². The molecule has 1 unspecified atom stereocenters. The minimum atomic E-state index is -0.768. The van der Waals surface area contributed by atoms with Gasteiger partial charge >= 0.3 is 11.2 Å². The zero-order chi connectivity index (χ0) is 20.4. The van der Waals surface area contributed by atoms with Gasteiger partial charge in [0.1, 0.15) is 5.65 Å². The SMILES string of the molecule is O=c1c([N+](=O)[O-])c(NCC(O)CN2CCc3ccccc3C2)nc2ccccn12. The molecule has 1 aliphatic rings. The molecular formula is C20H21N5O4. The molecule has 0 bridgehead atoms. The Kier molecular flexibility index (Phi) is 5.24. The van der Waals surface area contributed by atoms with Crippen LogP contribution in [-0.2, 0) is 13.0 Å². The quantitative estimate of drug-likeness (QED) is 0.479. The minimum Gasteiger partial charge on any atom is -0.390 e. The number of nitro groups is 1. The first-order valence-corrected chi connectivity index (χ1v) is 9.40. The first-order valence-electron chi connectivity index (χ1n) is 9.40. The average molecular weight is 395 g/mol. The Bertz CT molecular complexity index is 1110. The lowest BCUT2D eigenvalue weighted by atomic mass is 10.00. The number of pyridine rings is 1. The molecule has 150 valence electrons. The van der Waals surface area contributed by atoms with E-state index in [1.807, 2.05) is 12.1 Å². The number of rotatable bonds is 6. The van der Waals surface area contributed by atoms with E-state index in [-0.39, 0.29) is 12.4 Å². The van der Waals surface area contributed by atoms with Crippen molar-refractivity contribution in [2.24, 2.45) is 0 Å². The lowest BCUT2D eigenvalue weighted by Crippen LogP contribution is -2.39. The third-order valence-corrected chi connectivity index (χ3v) is 5.08. The second-order valence-corrected chi connectivity index (χ2v) is 7.09. The molecule has 0 saturated carbocycles. The predicted molar refractivity (Wildman–Crippen MR) is 108 cm³/mol. The third-order valence-electron chi connectivity index (χ3n) is 5.08. The van der Waals surface area contributed by atoms with E-state index in [1.165, 1.54) is 17.3 Å². The van der Waals surface area contributed by atoms with Crippen LogP contribution in [0, 0.1) is 10.1 Å². The summed E-state index contributed by atoms with van der Waals surface area (Å²) in [7, 11) is 0. The van der Waals surface area contributed by atoms with Crippen LogP contribution in [0.4, 0.5) is 11.5 Å². The summed E-state index contributed by atoms with van der Waals surface area (Å²) >= 11 is 0. The van der Waals surface area contributed by atoms with Gasteiger partial charge in [0.15, 0.2) is 0 Å². The number of nitrogens with one attached hydrogen (secondary N) is 1. The van der Waals surface area contributed by atoms with E-state index in [9.17, 15) is 20.0 Å². The molecule has 0 radical (unpaired) electrons. The number of aromatic nitrogens is 2. The fraction of sp³-hybridized carbons (Fsp3) is 0.300. The highest BCUT2D eigenvalue weighted by atomic mass is 16.6. The summed E-state index contributed by atoms with van der Waals surface area (Å²) in [5.41, 5.74) is 1.48. The monoisotopic (exact) mass is 395 g/mol. The fourth-order valence-corrected chi connectivity index (χ4v) is 3.65. The highest BCUT2D eigenvalue weighted by Gasteiger charge is 2.24. The minimum absolute atomic E-state index is 0.0500. The van der Waals surface area contributed by atoms with Crippen molar-refractivity contribution in [3.05, 3.63) is 80.3 Å². The normalized spacial score (nSPS) is 15.1. The fourth-order valence-electron chi connectivity index (χ4n) is 3.65. The van der Waals surface area contributed by atoms with Crippen molar-refractivity contribution in [3.8, 4) is 0 Å². The number of anilines is 1. The summed E-state index contributed by atoms with van der Waals surface area (Å²) < 4.78 is 1.13. The molecule has 0 saturated heterocycles. The van der Waals surface area contributed by atoms with Gasteiger partial charge in [-0.25, -0.2) is 4.98 Å². The van der Waals surface area contributed by atoms with Crippen LogP contribution in [0.15, 0.2) is 53.5 Å². The Morgan fingerprint density at radius 1 is 1.21 bits per heavy atom. The molecule has 9 heteroatoms. The van der Waals surface area contributed by atoms with E-state index in [4.69, 9.17) is 0 Å². The molecule has 3 heterocycles. The number of aliphatic hydroxyl groups is 1. The Morgan fingerprint density at radius 2 is 1.97 bits per heavy atom. The zero-order valence-corrected chi connectivity index (χ0v) is 15.7. The summed E-state index contributed by atoms with van der Waals surface area (Å²) in [5.74, 6) is -0.130. The predicted octanol–water partition coefficient (Wildman–Crippen LogP) is 1.43. The maximum Gasteiger partial charge on any atom is 0.376 e. The number of fused-ring (bicyclic) bond motifs is 2. The molecule has 2 N–H and O–H groups in total. The van der Waals surface area contributed by atoms with E-state index in [1.54, 1.807) is 18.2 Å². The Morgan fingerprint density at radius 3 is 2.76 bits per heavy atom. The van der Waals surface area contributed by atoms with Crippen molar-refractivity contribution < 1.29 is 10.0 Å². The standard InChI is InChI=1S/C20H21N5O4/c26-16(13-23-10-8-14-5-1-2-6-15(14)12-23)11-21-19-18(25(28)29)20(27)24-9-4-3-7-17(24)22-19/h1-7,9,16,21,26H,8,10-13H2. The Hall–Kier alpha value is -3.30. The maximum atomic E-state index is 12.4. The van der Waals surface area contributed by atoms with E-state index < -0.39 is 22.3 Å². The van der Waals surface area contributed by atoms with Crippen molar-refractivity contribution in [1.29, 1.82) is 0 Å². The Labute approximate surface area is 166 Å². The summed E-state index contributed by atoms with van der Waals surface area (Å²) in [4.78, 5) is 29.4. The lowest BCUT2D eigenvalue weighted by molar-refractivity contribution is -0.385. The second kappa shape index (κ2) is 7.98.